The quantitative estimate of drug-likeness (QED) is 0.606. The normalized spacial score (nSPS) is 11.0. The van der Waals surface area contributed by atoms with E-state index in [1.54, 1.807) is 23.9 Å². The van der Waals surface area contributed by atoms with Gasteiger partial charge in [0.25, 0.3) is 5.91 Å². The highest BCUT2D eigenvalue weighted by Crippen LogP contribution is 2.23. The molecule has 1 heterocycles. The molecule has 0 bridgehead atoms. The van der Waals surface area contributed by atoms with Crippen LogP contribution in [0.15, 0.2) is 48.5 Å². The van der Waals surface area contributed by atoms with Crippen LogP contribution in [0, 0.1) is 12.7 Å². The van der Waals surface area contributed by atoms with Crippen LogP contribution < -0.4 is 4.74 Å². The topological polar surface area (TPSA) is 60.3 Å². The zero-order valence-corrected chi connectivity index (χ0v) is 17.1. The highest BCUT2D eigenvalue weighted by atomic mass is 19.1. The second-order valence-electron chi connectivity index (χ2n) is 7.14. The lowest BCUT2D eigenvalue weighted by Crippen LogP contribution is -2.31. The molecular formula is C22H25FN4O2. The number of para-hydroxylation sites is 1. The van der Waals surface area contributed by atoms with Crippen LogP contribution in [-0.2, 0) is 0 Å². The summed E-state index contributed by atoms with van der Waals surface area (Å²) in [5, 5.41) is 4.45. The van der Waals surface area contributed by atoms with Crippen molar-refractivity contribution in [2.24, 2.45) is 0 Å². The fourth-order valence-corrected chi connectivity index (χ4v) is 2.98. The van der Waals surface area contributed by atoms with Crippen LogP contribution in [0.1, 0.15) is 41.8 Å². The second kappa shape index (κ2) is 8.86. The lowest BCUT2D eigenvalue weighted by Gasteiger charge is -2.16. The van der Waals surface area contributed by atoms with Crippen LogP contribution in [0.5, 0.6) is 5.75 Å². The Hall–Kier alpha value is -3.22. The predicted molar refractivity (Wildman–Crippen MR) is 109 cm³/mol. The molecule has 6 nitrogen and oxygen atoms in total. The third-order valence-corrected chi connectivity index (χ3v) is 4.60. The summed E-state index contributed by atoms with van der Waals surface area (Å²) in [6.45, 7) is 6.70. The maximum Gasteiger partial charge on any atom is 0.293 e. The van der Waals surface area contributed by atoms with Crippen LogP contribution in [0.4, 0.5) is 4.39 Å². The molecule has 1 amide bonds. The molecule has 0 fully saturated rings. The van der Waals surface area contributed by atoms with Crippen molar-refractivity contribution in [2.45, 2.75) is 26.7 Å². The first-order chi connectivity index (χ1) is 13.9. The highest BCUT2D eigenvalue weighted by molar-refractivity contribution is 5.90. The number of benzene rings is 2. The number of halogens is 1. The third kappa shape index (κ3) is 4.80. The average molecular weight is 396 g/mol. The van der Waals surface area contributed by atoms with Gasteiger partial charge in [-0.05, 0) is 48.7 Å². The van der Waals surface area contributed by atoms with E-state index >= 15 is 0 Å². The number of rotatable bonds is 7. The molecule has 0 aliphatic carbocycles. The van der Waals surface area contributed by atoms with Crippen LogP contribution >= 0.6 is 0 Å². The van der Waals surface area contributed by atoms with E-state index in [9.17, 15) is 9.18 Å². The van der Waals surface area contributed by atoms with E-state index in [1.807, 2.05) is 25.1 Å². The SMILES string of the molecule is Cc1nc(C(=O)N(C)CCOc2ccc(F)cc2)nn1-c1ccccc1C(C)C. The number of carbonyl (C=O) groups excluding carboxylic acids is 1. The van der Waals surface area contributed by atoms with Gasteiger partial charge in [0.1, 0.15) is 24.0 Å². The van der Waals surface area contributed by atoms with E-state index < -0.39 is 0 Å². The molecule has 0 unspecified atom stereocenters. The van der Waals surface area contributed by atoms with Gasteiger partial charge in [0, 0.05) is 7.05 Å². The van der Waals surface area contributed by atoms with E-state index in [2.05, 4.69) is 30.0 Å². The zero-order valence-electron chi connectivity index (χ0n) is 17.1. The number of aryl methyl sites for hydroxylation is 1. The minimum Gasteiger partial charge on any atom is -0.492 e. The summed E-state index contributed by atoms with van der Waals surface area (Å²) >= 11 is 0. The van der Waals surface area contributed by atoms with Gasteiger partial charge in [-0.1, -0.05) is 32.0 Å². The Kier molecular flexibility index (Phi) is 6.26. The molecule has 7 heteroatoms. The van der Waals surface area contributed by atoms with Crippen molar-refractivity contribution in [3.63, 3.8) is 0 Å². The minimum absolute atomic E-state index is 0.144. The molecule has 0 aliphatic heterocycles. The van der Waals surface area contributed by atoms with Crippen molar-refractivity contribution in [3.8, 4) is 11.4 Å². The van der Waals surface area contributed by atoms with Gasteiger partial charge in [-0.15, -0.1) is 5.10 Å². The molecule has 3 rings (SSSR count). The molecule has 0 spiro atoms. The maximum absolute atomic E-state index is 12.9. The number of nitrogens with zero attached hydrogens (tertiary/aromatic N) is 4. The first-order valence-electron chi connectivity index (χ1n) is 9.53. The lowest BCUT2D eigenvalue weighted by molar-refractivity contribution is 0.0762. The Bertz CT molecular complexity index is 983. The standard InChI is InChI=1S/C22H25FN4O2/c1-15(2)19-7-5-6-8-20(19)27-16(3)24-21(25-27)22(28)26(4)13-14-29-18-11-9-17(23)10-12-18/h5-12,15H,13-14H2,1-4H3. The van der Waals surface area contributed by atoms with Crippen molar-refractivity contribution >= 4 is 5.91 Å². The summed E-state index contributed by atoms with van der Waals surface area (Å²) < 4.78 is 20.2. The molecule has 0 saturated carbocycles. The van der Waals surface area contributed by atoms with Crippen molar-refractivity contribution in [3.05, 3.63) is 71.6 Å². The third-order valence-electron chi connectivity index (χ3n) is 4.60. The van der Waals surface area contributed by atoms with Gasteiger partial charge >= 0.3 is 0 Å². The molecule has 3 aromatic rings. The number of carbonyl (C=O) groups is 1. The van der Waals surface area contributed by atoms with E-state index in [4.69, 9.17) is 4.74 Å². The Morgan fingerprint density at radius 2 is 1.86 bits per heavy atom. The van der Waals surface area contributed by atoms with Gasteiger partial charge in [-0.2, -0.15) is 0 Å². The van der Waals surface area contributed by atoms with Gasteiger partial charge in [0.05, 0.1) is 12.2 Å². The molecule has 29 heavy (non-hydrogen) atoms. The number of hydrogen-bond acceptors (Lipinski definition) is 4. The summed E-state index contributed by atoms with van der Waals surface area (Å²) in [4.78, 5) is 18.6. The zero-order chi connectivity index (χ0) is 21.0. The molecule has 0 aliphatic rings. The van der Waals surface area contributed by atoms with Crippen LogP contribution in [0.25, 0.3) is 5.69 Å². The summed E-state index contributed by atoms with van der Waals surface area (Å²) in [5.74, 6) is 1.07. The summed E-state index contributed by atoms with van der Waals surface area (Å²) in [5.41, 5.74) is 2.06. The average Bonchev–Trinajstić information content (AvgIpc) is 3.10. The van der Waals surface area contributed by atoms with Crippen molar-refractivity contribution in [1.29, 1.82) is 0 Å². The van der Waals surface area contributed by atoms with Crippen molar-refractivity contribution in [2.75, 3.05) is 20.2 Å². The van der Waals surface area contributed by atoms with Gasteiger partial charge in [0.15, 0.2) is 0 Å². The number of hydrogen-bond donors (Lipinski definition) is 0. The largest absolute Gasteiger partial charge is 0.492 e. The van der Waals surface area contributed by atoms with Crippen molar-refractivity contribution < 1.29 is 13.9 Å². The second-order valence-corrected chi connectivity index (χ2v) is 7.14. The predicted octanol–water partition coefficient (Wildman–Crippen LogP) is 3.99. The first-order valence-corrected chi connectivity index (χ1v) is 9.53. The Morgan fingerprint density at radius 1 is 1.17 bits per heavy atom. The fourth-order valence-electron chi connectivity index (χ4n) is 2.98. The maximum atomic E-state index is 12.9. The molecule has 0 radical (unpaired) electrons. The summed E-state index contributed by atoms with van der Waals surface area (Å²) in [7, 11) is 1.68. The molecule has 0 N–H and O–H groups in total. The molecule has 2 aromatic carbocycles. The Morgan fingerprint density at radius 3 is 2.55 bits per heavy atom. The van der Waals surface area contributed by atoms with Crippen LogP contribution in [-0.4, -0.2) is 45.8 Å². The number of ether oxygens (including phenoxy) is 1. The molecular weight excluding hydrogens is 371 g/mol. The Balaban J connectivity index is 1.68. The fraction of sp³-hybridized carbons (Fsp3) is 0.318. The van der Waals surface area contributed by atoms with Gasteiger partial charge in [-0.3, -0.25) is 4.79 Å². The number of aromatic nitrogens is 3. The van der Waals surface area contributed by atoms with Crippen LogP contribution in [0.3, 0.4) is 0 Å². The number of amides is 1. The number of likely N-dealkylation sites (N-methyl/N-ethyl adjacent to an activating group) is 1. The van der Waals surface area contributed by atoms with Gasteiger partial charge in [-0.25, -0.2) is 14.1 Å². The van der Waals surface area contributed by atoms with E-state index in [0.29, 0.717) is 24.0 Å². The van der Waals surface area contributed by atoms with E-state index in [-0.39, 0.29) is 24.2 Å². The van der Waals surface area contributed by atoms with Crippen LogP contribution in [0.2, 0.25) is 0 Å². The minimum atomic E-state index is -0.319. The smallest absolute Gasteiger partial charge is 0.293 e. The molecule has 0 atom stereocenters. The van der Waals surface area contributed by atoms with Crippen molar-refractivity contribution in [1.82, 2.24) is 19.7 Å². The van der Waals surface area contributed by atoms with E-state index in [1.165, 1.54) is 17.0 Å². The Labute approximate surface area is 169 Å². The highest BCUT2D eigenvalue weighted by Gasteiger charge is 2.20. The monoisotopic (exact) mass is 396 g/mol. The van der Waals surface area contributed by atoms with E-state index in [0.717, 1.165) is 11.3 Å². The van der Waals surface area contributed by atoms with Gasteiger partial charge < -0.3 is 9.64 Å². The molecule has 152 valence electrons. The summed E-state index contributed by atoms with van der Waals surface area (Å²) in [6.07, 6.45) is 0. The van der Waals surface area contributed by atoms with Gasteiger partial charge in [0.2, 0.25) is 5.82 Å². The first kappa shape index (κ1) is 20.5. The molecule has 0 saturated heterocycles. The molecule has 1 aromatic heterocycles. The summed E-state index contributed by atoms with van der Waals surface area (Å²) in [6, 6.07) is 13.7. The lowest BCUT2D eigenvalue weighted by atomic mass is 10.0.